The van der Waals surface area contributed by atoms with Crippen molar-refractivity contribution in [2.45, 2.75) is 19.1 Å². The summed E-state index contributed by atoms with van der Waals surface area (Å²) in [5.74, 6) is -0.279. The Balaban J connectivity index is 0.000000612. The molecule has 0 spiro atoms. The molecule has 8 heteroatoms. The number of alkyl carbamates (subject to hydrolysis) is 1. The number of amides is 1. The quantitative estimate of drug-likeness (QED) is 0.543. The fraction of sp³-hybridized carbons (Fsp3) is 0.286. The maximum Gasteiger partial charge on any atom is 0.407 e. The summed E-state index contributed by atoms with van der Waals surface area (Å²) in [6, 6.07) is 18.2. The molecule has 2 aromatic carbocycles. The van der Waals surface area contributed by atoms with E-state index in [0.717, 1.165) is 11.1 Å². The number of nitrogens with one attached hydrogen (secondary N) is 1. The predicted octanol–water partition coefficient (Wildman–Crippen LogP) is 4.89. The number of rotatable bonds is 9. The molecule has 156 valence electrons. The molecule has 2 aromatic rings. The largest absolute Gasteiger partial charge is 0.445 e. The van der Waals surface area contributed by atoms with Crippen LogP contribution in [0.1, 0.15) is 23.6 Å². The maximum atomic E-state index is 12.0. The number of Topliss-reactive ketones (excluding diaryl/α,β-unsaturated/α-hetero) is 2. The summed E-state index contributed by atoms with van der Waals surface area (Å²) >= 11 is 15.6. The van der Waals surface area contributed by atoms with Crippen LogP contribution in [0, 0.1) is 0 Å². The zero-order valence-corrected chi connectivity index (χ0v) is 17.9. The summed E-state index contributed by atoms with van der Waals surface area (Å²) in [5.41, 5.74) is 1.73. The SMILES string of the molecule is O=C(CCl)CC(NC(=O)OCc1ccccc1)c1ccccc1.O=C(CCl)CCl. The molecule has 29 heavy (non-hydrogen) atoms. The van der Waals surface area contributed by atoms with E-state index in [2.05, 4.69) is 5.32 Å². The molecule has 1 unspecified atom stereocenters. The van der Waals surface area contributed by atoms with Crippen LogP contribution in [0.3, 0.4) is 0 Å². The van der Waals surface area contributed by atoms with Crippen LogP contribution >= 0.6 is 34.8 Å². The van der Waals surface area contributed by atoms with Gasteiger partial charge in [0.25, 0.3) is 0 Å². The van der Waals surface area contributed by atoms with Gasteiger partial charge in [0.15, 0.2) is 5.78 Å². The van der Waals surface area contributed by atoms with E-state index >= 15 is 0 Å². The van der Waals surface area contributed by atoms with Crippen molar-refractivity contribution in [3.63, 3.8) is 0 Å². The van der Waals surface area contributed by atoms with E-state index in [1.807, 2.05) is 60.7 Å². The van der Waals surface area contributed by atoms with Gasteiger partial charge >= 0.3 is 6.09 Å². The Hall–Kier alpha value is -2.08. The molecule has 0 aromatic heterocycles. The number of carbonyl (C=O) groups is 3. The van der Waals surface area contributed by atoms with E-state index in [-0.39, 0.29) is 42.2 Å². The second kappa shape index (κ2) is 14.9. The Morgan fingerprint density at radius 2 is 1.31 bits per heavy atom. The van der Waals surface area contributed by atoms with Gasteiger partial charge in [0.1, 0.15) is 12.4 Å². The number of carbonyl (C=O) groups excluding carboxylic acids is 3. The molecule has 0 aliphatic heterocycles. The molecule has 0 fully saturated rings. The summed E-state index contributed by atoms with van der Waals surface area (Å²) in [4.78, 5) is 33.5. The van der Waals surface area contributed by atoms with Gasteiger partial charge in [-0.2, -0.15) is 0 Å². The van der Waals surface area contributed by atoms with Crippen LogP contribution in [0.15, 0.2) is 60.7 Å². The van der Waals surface area contributed by atoms with Crippen molar-refractivity contribution in [1.82, 2.24) is 5.32 Å². The van der Waals surface area contributed by atoms with Gasteiger partial charge in [-0.25, -0.2) is 4.79 Å². The average molecular weight is 459 g/mol. The van der Waals surface area contributed by atoms with Crippen LogP contribution in [0.25, 0.3) is 0 Å². The Bertz CT molecular complexity index is 751. The van der Waals surface area contributed by atoms with E-state index in [4.69, 9.17) is 39.5 Å². The highest BCUT2D eigenvalue weighted by molar-refractivity contribution is 6.35. The number of ketones is 2. The topological polar surface area (TPSA) is 72.5 Å². The summed E-state index contributed by atoms with van der Waals surface area (Å²) in [6.07, 6.45) is -0.432. The monoisotopic (exact) mass is 457 g/mol. The zero-order valence-electron chi connectivity index (χ0n) is 15.7. The fourth-order valence-corrected chi connectivity index (χ4v) is 2.56. The van der Waals surface area contributed by atoms with Gasteiger partial charge in [0.05, 0.1) is 23.7 Å². The third kappa shape index (κ3) is 10.9. The third-order valence-corrected chi connectivity index (χ3v) is 4.48. The van der Waals surface area contributed by atoms with Crippen LogP contribution in [-0.2, 0) is 20.9 Å². The normalized spacial score (nSPS) is 10.9. The summed E-state index contributed by atoms with van der Waals surface area (Å²) < 4.78 is 5.20. The number of hydrogen-bond acceptors (Lipinski definition) is 4. The van der Waals surface area contributed by atoms with Gasteiger partial charge in [-0.15, -0.1) is 34.8 Å². The third-order valence-electron chi connectivity index (χ3n) is 3.59. The Morgan fingerprint density at radius 3 is 1.79 bits per heavy atom. The number of halogens is 3. The zero-order chi connectivity index (χ0) is 21.5. The highest BCUT2D eigenvalue weighted by Crippen LogP contribution is 2.17. The molecule has 0 radical (unpaired) electrons. The van der Waals surface area contributed by atoms with Gasteiger partial charge in [-0.1, -0.05) is 60.7 Å². The minimum atomic E-state index is -0.565. The van der Waals surface area contributed by atoms with Gasteiger partial charge in [-0.3, -0.25) is 9.59 Å². The van der Waals surface area contributed by atoms with E-state index in [0.29, 0.717) is 0 Å². The predicted molar refractivity (Wildman–Crippen MR) is 116 cm³/mol. The number of hydrogen-bond donors (Lipinski definition) is 1. The molecule has 0 saturated carbocycles. The molecule has 5 nitrogen and oxygen atoms in total. The Labute approximate surface area is 185 Å². The van der Waals surface area contributed by atoms with Gasteiger partial charge in [0.2, 0.25) is 0 Å². The first-order valence-electron chi connectivity index (χ1n) is 8.73. The van der Waals surface area contributed by atoms with Crippen molar-refractivity contribution >= 4 is 52.5 Å². The fourth-order valence-electron chi connectivity index (χ4n) is 2.16. The van der Waals surface area contributed by atoms with E-state index < -0.39 is 12.1 Å². The summed E-state index contributed by atoms with van der Waals surface area (Å²) in [6.45, 7) is 0.178. The first-order valence-corrected chi connectivity index (χ1v) is 10.3. The Kier molecular flexibility index (Phi) is 12.8. The van der Waals surface area contributed by atoms with E-state index in [9.17, 15) is 14.4 Å². The van der Waals surface area contributed by atoms with Crippen molar-refractivity contribution in [2.24, 2.45) is 0 Å². The maximum absolute atomic E-state index is 12.0. The molecule has 1 amide bonds. The second-order valence-corrected chi connectivity index (χ2v) is 6.65. The molecule has 0 aliphatic carbocycles. The molecular weight excluding hydrogens is 437 g/mol. The van der Waals surface area contributed by atoms with Crippen molar-refractivity contribution in [3.8, 4) is 0 Å². The van der Waals surface area contributed by atoms with Crippen LogP contribution in [0.5, 0.6) is 0 Å². The van der Waals surface area contributed by atoms with Gasteiger partial charge < -0.3 is 10.1 Å². The van der Waals surface area contributed by atoms with Crippen LogP contribution < -0.4 is 5.32 Å². The molecule has 2 rings (SSSR count). The molecular formula is C21H22Cl3NO4. The molecule has 0 heterocycles. The standard InChI is InChI=1S/C18H18ClNO3.C3H4Cl2O/c19-12-16(21)11-17(15-9-5-2-6-10-15)20-18(22)23-13-14-7-3-1-4-8-14;4-1-3(6)2-5/h1-10,17H,11-13H2,(H,20,22);1-2H2. The average Bonchev–Trinajstić information content (AvgIpc) is 2.78. The van der Waals surface area contributed by atoms with Crippen LogP contribution in [0.4, 0.5) is 4.79 Å². The second-order valence-electron chi connectivity index (χ2n) is 5.85. The first kappa shape index (κ1) is 25.0. The summed E-state index contributed by atoms with van der Waals surface area (Å²) in [5, 5.41) is 2.73. The van der Waals surface area contributed by atoms with Gasteiger partial charge in [0, 0.05) is 6.42 Å². The lowest BCUT2D eigenvalue weighted by atomic mass is 10.0. The van der Waals surface area contributed by atoms with Crippen molar-refractivity contribution in [1.29, 1.82) is 0 Å². The molecule has 0 saturated heterocycles. The van der Waals surface area contributed by atoms with Crippen LogP contribution in [-0.4, -0.2) is 35.3 Å². The summed E-state index contributed by atoms with van der Waals surface area (Å²) in [7, 11) is 0. The lowest BCUT2D eigenvalue weighted by molar-refractivity contribution is -0.117. The molecule has 0 bridgehead atoms. The van der Waals surface area contributed by atoms with Crippen molar-refractivity contribution < 1.29 is 19.1 Å². The number of ether oxygens (including phenoxy) is 1. The molecule has 0 aliphatic rings. The van der Waals surface area contributed by atoms with E-state index in [1.54, 1.807) is 0 Å². The van der Waals surface area contributed by atoms with Gasteiger partial charge in [-0.05, 0) is 11.1 Å². The number of benzene rings is 2. The van der Waals surface area contributed by atoms with Crippen LogP contribution in [0.2, 0.25) is 0 Å². The smallest absolute Gasteiger partial charge is 0.407 e. The minimum Gasteiger partial charge on any atom is -0.445 e. The lowest BCUT2D eigenvalue weighted by Crippen LogP contribution is -2.30. The Morgan fingerprint density at radius 1 is 0.793 bits per heavy atom. The molecule has 1 N–H and O–H groups in total. The highest BCUT2D eigenvalue weighted by atomic mass is 35.5. The van der Waals surface area contributed by atoms with E-state index in [1.165, 1.54) is 0 Å². The van der Waals surface area contributed by atoms with Crippen molar-refractivity contribution in [3.05, 3.63) is 71.8 Å². The highest BCUT2D eigenvalue weighted by Gasteiger charge is 2.18. The van der Waals surface area contributed by atoms with Crippen molar-refractivity contribution in [2.75, 3.05) is 17.6 Å². The number of alkyl halides is 3. The molecule has 1 atom stereocenters. The lowest BCUT2D eigenvalue weighted by Gasteiger charge is -2.18. The first-order chi connectivity index (χ1) is 14.0. The minimum absolute atomic E-state index is 0.0312.